The molecule has 10 nitrogen and oxygen atoms in total. The van der Waals surface area contributed by atoms with Gasteiger partial charge in [-0.15, -0.1) is 11.3 Å². The first-order valence-corrected chi connectivity index (χ1v) is 8.50. The molecule has 1 aromatic heterocycles. The van der Waals surface area contributed by atoms with Crippen LogP contribution in [0.5, 0.6) is 0 Å². The third-order valence-electron chi connectivity index (χ3n) is 3.46. The zero-order valence-corrected chi connectivity index (χ0v) is 14.9. The van der Waals surface area contributed by atoms with E-state index in [4.69, 9.17) is 10.3 Å². The van der Waals surface area contributed by atoms with Crippen LogP contribution >= 0.6 is 11.3 Å². The van der Waals surface area contributed by atoms with Crippen molar-refractivity contribution in [2.45, 2.75) is 24.9 Å². The molecule has 0 aliphatic rings. The lowest BCUT2D eigenvalue weighted by atomic mass is 10.1. The molecular weight excluding hydrogens is 376 g/mol. The van der Waals surface area contributed by atoms with Gasteiger partial charge in [0.2, 0.25) is 0 Å². The average Bonchev–Trinajstić information content (AvgIpc) is 3.19. The smallest absolute Gasteiger partial charge is 0.357 e. The SMILES string of the molecule is COC(=O)c1csc([C@H](N=[N+]=[N-])[C@H](O)[C@H](O)C(=O)OCc2ccccc2)n1. The molecule has 142 valence electrons. The van der Waals surface area contributed by atoms with Crippen molar-refractivity contribution in [1.82, 2.24) is 4.98 Å². The molecule has 27 heavy (non-hydrogen) atoms. The Balaban J connectivity index is 2.09. The molecule has 3 atom stereocenters. The molecular formula is C16H16N4O6S. The molecule has 0 unspecified atom stereocenters. The Morgan fingerprint density at radius 2 is 2.04 bits per heavy atom. The fourth-order valence-electron chi connectivity index (χ4n) is 2.07. The fourth-order valence-corrected chi connectivity index (χ4v) is 2.93. The number of rotatable bonds is 8. The highest BCUT2D eigenvalue weighted by Crippen LogP contribution is 2.27. The third-order valence-corrected chi connectivity index (χ3v) is 4.37. The van der Waals surface area contributed by atoms with E-state index in [1.165, 1.54) is 12.5 Å². The van der Waals surface area contributed by atoms with Crippen LogP contribution in [-0.2, 0) is 20.9 Å². The Morgan fingerprint density at radius 1 is 1.33 bits per heavy atom. The van der Waals surface area contributed by atoms with Gasteiger partial charge in [0.25, 0.3) is 0 Å². The third kappa shape index (κ3) is 5.25. The monoisotopic (exact) mass is 392 g/mol. The number of aromatic nitrogens is 1. The summed E-state index contributed by atoms with van der Waals surface area (Å²) in [5.41, 5.74) is 9.36. The van der Waals surface area contributed by atoms with Crippen molar-refractivity contribution in [2.75, 3.05) is 7.11 Å². The van der Waals surface area contributed by atoms with Crippen LogP contribution in [0.4, 0.5) is 0 Å². The van der Waals surface area contributed by atoms with Crippen molar-refractivity contribution in [2.24, 2.45) is 5.11 Å². The minimum Gasteiger partial charge on any atom is -0.464 e. The second-order valence-corrected chi connectivity index (χ2v) is 6.13. The number of ether oxygens (including phenoxy) is 2. The van der Waals surface area contributed by atoms with Gasteiger partial charge in [-0.2, -0.15) is 0 Å². The molecule has 11 heteroatoms. The van der Waals surface area contributed by atoms with E-state index in [1.807, 2.05) is 0 Å². The van der Waals surface area contributed by atoms with E-state index < -0.39 is 30.2 Å². The van der Waals surface area contributed by atoms with Crippen LogP contribution in [0.2, 0.25) is 0 Å². The van der Waals surface area contributed by atoms with E-state index in [0.29, 0.717) is 5.56 Å². The lowest BCUT2D eigenvalue weighted by Gasteiger charge is -2.20. The van der Waals surface area contributed by atoms with Crippen molar-refractivity contribution in [3.63, 3.8) is 0 Å². The molecule has 0 fully saturated rings. The van der Waals surface area contributed by atoms with Gasteiger partial charge in [0.15, 0.2) is 11.8 Å². The summed E-state index contributed by atoms with van der Waals surface area (Å²) in [6.45, 7) is -0.0978. The number of aliphatic hydroxyl groups is 2. The number of aliphatic hydroxyl groups excluding tert-OH is 2. The maximum absolute atomic E-state index is 12.0. The van der Waals surface area contributed by atoms with Crippen LogP contribution in [0.15, 0.2) is 40.8 Å². The molecule has 0 aliphatic heterocycles. The molecule has 0 aliphatic carbocycles. The molecule has 0 saturated heterocycles. The molecule has 0 radical (unpaired) electrons. The second-order valence-electron chi connectivity index (χ2n) is 5.24. The van der Waals surface area contributed by atoms with E-state index in [9.17, 15) is 19.8 Å². The van der Waals surface area contributed by atoms with E-state index >= 15 is 0 Å². The van der Waals surface area contributed by atoms with Gasteiger partial charge >= 0.3 is 11.9 Å². The average molecular weight is 392 g/mol. The number of carbonyl (C=O) groups is 2. The molecule has 0 amide bonds. The van der Waals surface area contributed by atoms with Crippen molar-refractivity contribution >= 4 is 23.3 Å². The number of carbonyl (C=O) groups excluding carboxylic acids is 2. The molecule has 0 bridgehead atoms. The maximum Gasteiger partial charge on any atom is 0.357 e. The Labute approximate surface area is 157 Å². The first-order valence-electron chi connectivity index (χ1n) is 7.62. The molecule has 0 saturated carbocycles. The van der Waals surface area contributed by atoms with Gasteiger partial charge in [0, 0.05) is 10.3 Å². The fraction of sp³-hybridized carbons (Fsp3) is 0.312. The standard InChI is InChI=1S/C16H16N4O6S/c1-25-15(23)10-8-27-14(18-10)11(19-20-17)12(21)13(22)16(24)26-7-9-5-3-2-4-6-9/h2-6,8,11-13,21-22H,7H2,1H3/t11-,12+,13+/m1/s1. The van der Waals surface area contributed by atoms with Crippen LogP contribution in [0.1, 0.15) is 27.1 Å². The predicted octanol–water partition coefficient (Wildman–Crippen LogP) is 1.75. The summed E-state index contributed by atoms with van der Waals surface area (Å²) in [4.78, 5) is 30.0. The summed E-state index contributed by atoms with van der Waals surface area (Å²) in [6, 6.07) is 7.37. The molecule has 2 aromatic rings. The predicted molar refractivity (Wildman–Crippen MR) is 93.6 cm³/mol. The van der Waals surface area contributed by atoms with Crippen LogP contribution in [0.25, 0.3) is 10.4 Å². The van der Waals surface area contributed by atoms with Crippen molar-refractivity contribution in [3.05, 3.63) is 62.4 Å². The number of methoxy groups -OCH3 is 1. The van der Waals surface area contributed by atoms with Crippen molar-refractivity contribution < 1.29 is 29.3 Å². The van der Waals surface area contributed by atoms with E-state index in [0.717, 1.165) is 11.3 Å². The van der Waals surface area contributed by atoms with Gasteiger partial charge < -0.3 is 19.7 Å². The highest BCUT2D eigenvalue weighted by Gasteiger charge is 2.35. The van der Waals surface area contributed by atoms with Crippen molar-refractivity contribution in [1.29, 1.82) is 0 Å². The molecule has 1 heterocycles. The zero-order valence-electron chi connectivity index (χ0n) is 14.1. The molecule has 0 spiro atoms. The summed E-state index contributed by atoms with van der Waals surface area (Å²) >= 11 is 0.909. The van der Waals surface area contributed by atoms with Crippen LogP contribution < -0.4 is 0 Å². The number of nitrogens with zero attached hydrogens (tertiary/aromatic N) is 4. The molecule has 2 rings (SSSR count). The lowest BCUT2D eigenvalue weighted by molar-refractivity contribution is -0.162. The number of thiazole rings is 1. The summed E-state index contributed by atoms with van der Waals surface area (Å²) < 4.78 is 9.49. The summed E-state index contributed by atoms with van der Waals surface area (Å²) in [5.74, 6) is -1.80. The topological polar surface area (TPSA) is 155 Å². The number of hydrogen-bond acceptors (Lipinski definition) is 9. The number of esters is 2. The lowest BCUT2D eigenvalue weighted by Crippen LogP contribution is -2.38. The number of azide groups is 1. The zero-order chi connectivity index (χ0) is 19.8. The Bertz CT molecular complexity index is 836. The van der Waals surface area contributed by atoms with Gasteiger partial charge in [-0.3, -0.25) is 0 Å². The summed E-state index contributed by atoms with van der Waals surface area (Å²) in [5, 5.41) is 25.1. The Morgan fingerprint density at radius 3 is 2.67 bits per heavy atom. The molecule has 2 N–H and O–H groups in total. The number of hydrogen-bond donors (Lipinski definition) is 2. The second kappa shape index (κ2) is 9.64. The molecule has 1 aromatic carbocycles. The van der Waals surface area contributed by atoms with E-state index in [2.05, 4.69) is 19.7 Å². The van der Waals surface area contributed by atoms with Crippen LogP contribution in [0, 0.1) is 0 Å². The first kappa shape index (κ1) is 20.3. The summed E-state index contributed by atoms with van der Waals surface area (Å²) in [6.07, 6.45) is -3.80. The largest absolute Gasteiger partial charge is 0.464 e. The van der Waals surface area contributed by atoms with Gasteiger partial charge in [-0.05, 0) is 11.1 Å². The quantitative estimate of drug-likeness (QED) is 0.300. The summed E-state index contributed by atoms with van der Waals surface area (Å²) in [7, 11) is 1.17. The van der Waals surface area contributed by atoms with Crippen molar-refractivity contribution in [3.8, 4) is 0 Å². The number of benzene rings is 1. The Kier molecular flexibility index (Phi) is 7.26. The van der Waals surface area contributed by atoms with E-state index in [-0.39, 0.29) is 17.3 Å². The maximum atomic E-state index is 12.0. The van der Waals surface area contributed by atoms with Crippen LogP contribution in [0.3, 0.4) is 0 Å². The first-order chi connectivity index (χ1) is 13.0. The van der Waals surface area contributed by atoms with Crippen LogP contribution in [-0.4, -0.2) is 46.5 Å². The van der Waals surface area contributed by atoms with Gasteiger partial charge in [-0.25, -0.2) is 14.6 Å². The minimum atomic E-state index is -1.98. The van der Waals surface area contributed by atoms with E-state index in [1.54, 1.807) is 30.3 Å². The minimum absolute atomic E-state index is 0.0376. The van der Waals surface area contributed by atoms with Gasteiger partial charge in [-0.1, -0.05) is 35.4 Å². The highest BCUT2D eigenvalue weighted by molar-refractivity contribution is 7.09. The normalized spacial score (nSPS) is 13.7. The van der Waals surface area contributed by atoms with Gasteiger partial charge in [0.05, 0.1) is 7.11 Å². The highest BCUT2D eigenvalue weighted by atomic mass is 32.1. The Hall–Kier alpha value is -2.98. The van der Waals surface area contributed by atoms with Gasteiger partial charge in [0.1, 0.15) is 23.8 Å².